The van der Waals surface area contributed by atoms with Crippen molar-refractivity contribution in [3.05, 3.63) is 0 Å². The molecule has 2 saturated heterocycles. The van der Waals surface area contributed by atoms with E-state index in [1.165, 1.54) is 19.3 Å². The van der Waals surface area contributed by atoms with Gasteiger partial charge in [-0.15, -0.1) is 0 Å². The molecule has 2 aliphatic heterocycles. The highest BCUT2D eigenvalue weighted by molar-refractivity contribution is 5.90. The third kappa shape index (κ3) is 4.46. The Morgan fingerprint density at radius 2 is 1.59 bits per heavy atom. The van der Waals surface area contributed by atoms with E-state index in [1.807, 2.05) is 27.7 Å². The number of carbonyl (C=O) groups excluding carboxylic acids is 2. The second-order valence-corrected chi connectivity index (χ2v) is 11.9. The monoisotopic (exact) mass is 448 g/mol. The van der Waals surface area contributed by atoms with Crippen LogP contribution in [-0.2, 0) is 19.1 Å². The molecule has 2 saturated carbocycles. The van der Waals surface area contributed by atoms with Crippen molar-refractivity contribution >= 4 is 11.9 Å². The van der Waals surface area contributed by atoms with E-state index in [9.17, 15) is 9.59 Å². The molecule has 6 nitrogen and oxygen atoms in total. The second-order valence-electron chi connectivity index (χ2n) is 11.9. The summed E-state index contributed by atoms with van der Waals surface area (Å²) in [6.07, 6.45) is 12.7. The SMILES string of the molecule is CCOC(=O)[C@@H]1CC2(CCCCC2)NC1(C(=O)OC(C)(C)C)C1CCC2(CCCN2)CC1. The molecule has 1 unspecified atom stereocenters. The molecule has 0 aromatic carbocycles. The molecule has 2 N–H and O–H groups in total. The van der Waals surface area contributed by atoms with Crippen molar-refractivity contribution in [3.63, 3.8) is 0 Å². The fraction of sp³-hybridized carbons (Fsp3) is 0.923. The highest BCUT2D eigenvalue weighted by atomic mass is 16.6. The highest BCUT2D eigenvalue weighted by Crippen LogP contribution is 2.53. The molecule has 6 heteroatoms. The normalized spacial score (nSPS) is 37.0. The van der Waals surface area contributed by atoms with Crippen LogP contribution >= 0.6 is 0 Å². The lowest BCUT2D eigenvalue weighted by molar-refractivity contribution is -0.175. The minimum atomic E-state index is -0.989. The third-order valence-corrected chi connectivity index (χ3v) is 8.65. The Morgan fingerprint density at radius 3 is 2.16 bits per heavy atom. The van der Waals surface area contributed by atoms with Crippen LogP contribution in [0.2, 0.25) is 0 Å². The molecule has 0 amide bonds. The predicted octanol–water partition coefficient (Wildman–Crippen LogP) is 4.25. The fourth-order valence-electron chi connectivity index (χ4n) is 7.23. The summed E-state index contributed by atoms with van der Waals surface area (Å²) in [6.45, 7) is 9.03. The van der Waals surface area contributed by atoms with Crippen LogP contribution in [-0.4, -0.2) is 47.3 Å². The summed E-state index contributed by atoms with van der Waals surface area (Å²) in [7, 11) is 0. The molecule has 4 aliphatic rings. The van der Waals surface area contributed by atoms with Gasteiger partial charge in [-0.2, -0.15) is 0 Å². The average molecular weight is 449 g/mol. The standard InChI is InChI=1S/C26H44N2O4/c1-5-31-21(29)20-18-25(12-7-6-8-13-25)28-26(20,22(30)32-23(2,3)4)19-10-15-24(16-11-19)14-9-17-27-24/h19-20,27-28H,5-18H2,1-4H3/t19?,20-,24?,26?/m0/s1. The van der Waals surface area contributed by atoms with E-state index >= 15 is 0 Å². The molecule has 182 valence electrons. The molecule has 2 spiro atoms. The maximum atomic E-state index is 14.0. The lowest BCUT2D eigenvalue weighted by Crippen LogP contribution is -2.65. The minimum Gasteiger partial charge on any atom is -0.466 e. The van der Waals surface area contributed by atoms with Gasteiger partial charge in [0.25, 0.3) is 0 Å². The van der Waals surface area contributed by atoms with Crippen LogP contribution in [0.4, 0.5) is 0 Å². The number of esters is 2. The Morgan fingerprint density at radius 1 is 0.938 bits per heavy atom. The third-order valence-electron chi connectivity index (χ3n) is 8.65. The van der Waals surface area contributed by atoms with Crippen LogP contribution in [0.1, 0.15) is 105 Å². The maximum absolute atomic E-state index is 14.0. The number of hydrogen-bond acceptors (Lipinski definition) is 6. The van der Waals surface area contributed by atoms with Gasteiger partial charge < -0.3 is 14.8 Å². The first kappa shape index (κ1) is 24.0. The van der Waals surface area contributed by atoms with Gasteiger partial charge in [-0.25, -0.2) is 4.79 Å². The van der Waals surface area contributed by atoms with Crippen LogP contribution < -0.4 is 10.6 Å². The number of hydrogen-bond donors (Lipinski definition) is 2. The zero-order chi connectivity index (χ0) is 23.0. The second kappa shape index (κ2) is 8.90. The molecule has 2 aliphatic carbocycles. The number of carbonyl (C=O) groups is 2. The highest BCUT2D eigenvalue weighted by Gasteiger charge is 2.66. The molecule has 0 radical (unpaired) electrons. The van der Waals surface area contributed by atoms with Gasteiger partial charge in [0.05, 0.1) is 12.5 Å². The van der Waals surface area contributed by atoms with E-state index in [0.29, 0.717) is 13.0 Å². The van der Waals surface area contributed by atoms with E-state index in [4.69, 9.17) is 9.47 Å². The van der Waals surface area contributed by atoms with E-state index in [1.54, 1.807) is 0 Å². The van der Waals surface area contributed by atoms with Crippen molar-refractivity contribution in [2.75, 3.05) is 13.2 Å². The lowest BCUT2D eigenvalue weighted by Gasteiger charge is -2.47. The van der Waals surface area contributed by atoms with Gasteiger partial charge in [-0.3, -0.25) is 10.1 Å². The summed E-state index contributed by atoms with van der Waals surface area (Å²) in [5.41, 5.74) is -1.52. The summed E-state index contributed by atoms with van der Waals surface area (Å²) in [4.78, 5) is 27.4. The zero-order valence-electron chi connectivity index (χ0n) is 20.7. The van der Waals surface area contributed by atoms with Gasteiger partial charge in [0.1, 0.15) is 11.1 Å². The Bertz CT molecular complexity index is 693. The molecule has 0 aromatic rings. The molecular weight excluding hydrogens is 404 g/mol. The van der Waals surface area contributed by atoms with Crippen LogP contribution in [0.3, 0.4) is 0 Å². The Hall–Kier alpha value is -1.14. The predicted molar refractivity (Wildman–Crippen MR) is 124 cm³/mol. The molecular formula is C26H44N2O4. The molecule has 4 fully saturated rings. The van der Waals surface area contributed by atoms with Gasteiger partial charge in [0.2, 0.25) is 0 Å². The Labute approximate surface area is 193 Å². The van der Waals surface area contributed by atoms with Gasteiger partial charge in [-0.05, 0) is 97.9 Å². The first-order chi connectivity index (χ1) is 15.1. The van der Waals surface area contributed by atoms with E-state index < -0.39 is 17.1 Å². The van der Waals surface area contributed by atoms with Crippen molar-refractivity contribution in [2.45, 2.75) is 127 Å². The summed E-state index contributed by atoms with van der Waals surface area (Å²) in [6, 6.07) is 0. The topological polar surface area (TPSA) is 76.7 Å². The first-order valence-electron chi connectivity index (χ1n) is 13.1. The minimum absolute atomic E-state index is 0.0843. The van der Waals surface area contributed by atoms with Gasteiger partial charge in [0, 0.05) is 11.1 Å². The number of ether oxygens (including phenoxy) is 2. The van der Waals surface area contributed by atoms with E-state index in [2.05, 4.69) is 10.6 Å². The lowest BCUT2D eigenvalue weighted by atomic mass is 9.64. The average Bonchev–Trinajstić information content (AvgIpc) is 3.32. The molecule has 4 rings (SSSR count). The van der Waals surface area contributed by atoms with Crippen molar-refractivity contribution in [3.8, 4) is 0 Å². The van der Waals surface area contributed by atoms with Crippen LogP contribution in [0.15, 0.2) is 0 Å². The van der Waals surface area contributed by atoms with Crippen molar-refractivity contribution in [1.82, 2.24) is 10.6 Å². The molecule has 2 heterocycles. The zero-order valence-corrected chi connectivity index (χ0v) is 20.7. The van der Waals surface area contributed by atoms with Crippen LogP contribution in [0.25, 0.3) is 0 Å². The molecule has 0 aromatic heterocycles. The fourth-order valence-corrected chi connectivity index (χ4v) is 7.23. The smallest absolute Gasteiger partial charge is 0.328 e. The number of rotatable bonds is 4. The van der Waals surface area contributed by atoms with Crippen molar-refractivity contribution < 1.29 is 19.1 Å². The molecule has 2 atom stereocenters. The quantitative estimate of drug-likeness (QED) is 0.626. The Kier molecular flexibility index (Phi) is 6.68. The van der Waals surface area contributed by atoms with Crippen LogP contribution in [0, 0.1) is 11.8 Å². The summed E-state index contributed by atoms with van der Waals surface area (Å²) in [5.74, 6) is -0.870. The maximum Gasteiger partial charge on any atom is 0.328 e. The summed E-state index contributed by atoms with van der Waals surface area (Å²) < 4.78 is 11.6. The first-order valence-corrected chi connectivity index (χ1v) is 13.1. The van der Waals surface area contributed by atoms with Gasteiger partial charge in [0.15, 0.2) is 0 Å². The Balaban J connectivity index is 1.70. The van der Waals surface area contributed by atoms with Crippen LogP contribution in [0.5, 0.6) is 0 Å². The van der Waals surface area contributed by atoms with Crippen molar-refractivity contribution in [1.29, 1.82) is 0 Å². The molecule has 32 heavy (non-hydrogen) atoms. The van der Waals surface area contributed by atoms with E-state index in [0.717, 1.165) is 57.9 Å². The molecule has 0 bridgehead atoms. The van der Waals surface area contributed by atoms with E-state index in [-0.39, 0.29) is 28.9 Å². The van der Waals surface area contributed by atoms with Gasteiger partial charge >= 0.3 is 11.9 Å². The summed E-state index contributed by atoms with van der Waals surface area (Å²) in [5, 5.41) is 7.63. The van der Waals surface area contributed by atoms with Crippen molar-refractivity contribution in [2.24, 2.45) is 11.8 Å². The number of nitrogens with one attached hydrogen (secondary N) is 2. The van der Waals surface area contributed by atoms with Gasteiger partial charge in [-0.1, -0.05) is 19.3 Å². The largest absolute Gasteiger partial charge is 0.466 e. The summed E-state index contributed by atoms with van der Waals surface area (Å²) >= 11 is 0.